The average molecular weight is 312 g/mol. The molecule has 22 heavy (non-hydrogen) atoms. The topological polar surface area (TPSA) is 48.2 Å². The second-order valence-electron chi connectivity index (χ2n) is 4.75. The predicted molar refractivity (Wildman–Crippen MR) is 87.1 cm³/mol. The van der Waals surface area contributed by atoms with Crippen molar-refractivity contribution in [2.75, 3.05) is 12.4 Å². The van der Waals surface area contributed by atoms with Crippen molar-refractivity contribution in [1.82, 2.24) is 10.2 Å². The van der Waals surface area contributed by atoms with Crippen LogP contribution in [0.1, 0.15) is 5.56 Å². The lowest BCUT2D eigenvalue weighted by molar-refractivity contribution is 0.343. The molecule has 0 unspecified atom stereocenters. The molecule has 4 nitrogen and oxygen atoms in total. The minimum atomic E-state index is 0.544. The van der Waals surface area contributed by atoms with E-state index in [0.717, 1.165) is 17.1 Å². The fourth-order valence-electron chi connectivity index (χ4n) is 1.96. The van der Waals surface area contributed by atoms with Crippen LogP contribution in [0.5, 0.6) is 5.75 Å². The van der Waals surface area contributed by atoms with Gasteiger partial charge in [-0.1, -0.05) is 42.1 Å². The number of aromatic nitrogens is 2. The maximum Gasteiger partial charge on any atom is 0.276 e. The van der Waals surface area contributed by atoms with Gasteiger partial charge in [0.1, 0.15) is 5.75 Å². The number of ether oxygens (including phenoxy) is 1. The first-order valence-corrected chi connectivity index (χ1v) is 8.01. The van der Waals surface area contributed by atoms with Crippen molar-refractivity contribution in [3.63, 3.8) is 0 Å². The molecule has 0 atom stereocenters. The highest BCUT2D eigenvalue weighted by molar-refractivity contribution is 7.99. The van der Waals surface area contributed by atoms with Crippen LogP contribution in [0.25, 0.3) is 11.5 Å². The van der Waals surface area contributed by atoms with E-state index in [1.807, 2.05) is 61.5 Å². The van der Waals surface area contributed by atoms with Crippen LogP contribution in [-0.4, -0.2) is 22.6 Å². The highest BCUT2D eigenvalue weighted by Crippen LogP contribution is 2.23. The summed E-state index contributed by atoms with van der Waals surface area (Å²) < 4.78 is 11.3. The van der Waals surface area contributed by atoms with Crippen LogP contribution in [0.15, 0.2) is 64.2 Å². The van der Waals surface area contributed by atoms with Gasteiger partial charge in [-0.3, -0.25) is 0 Å². The number of hydrogen-bond donors (Lipinski definition) is 0. The Morgan fingerprint density at radius 2 is 1.91 bits per heavy atom. The lowest BCUT2D eigenvalue weighted by Gasteiger charge is -2.05. The van der Waals surface area contributed by atoms with E-state index in [9.17, 15) is 0 Å². The van der Waals surface area contributed by atoms with Crippen LogP contribution in [-0.2, 0) is 0 Å². The second kappa shape index (κ2) is 7.13. The number of hydrogen-bond acceptors (Lipinski definition) is 5. The molecule has 0 fully saturated rings. The first kappa shape index (κ1) is 14.7. The second-order valence-corrected chi connectivity index (χ2v) is 5.80. The van der Waals surface area contributed by atoms with E-state index in [1.54, 1.807) is 0 Å². The summed E-state index contributed by atoms with van der Waals surface area (Å²) in [6.07, 6.45) is 0. The number of aryl methyl sites for hydroxylation is 1. The summed E-state index contributed by atoms with van der Waals surface area (Å²) in [6.45, 7) is 2.64. The number of thioether (sulfide) groups is 1. The van der Waals surface area contributed by atoms with Gasteiger partial charge in [0, 0.05) is 11.3 Å². The minimum Gasteiger partial charge on any atom is -0.493 e. The first-order valence-electron chi connectivity index (χ1n) is 7.02. The summed E-state index contributed by atoms with van der Waals surface area (Å²) in [5, 5.41) is 8.66. The maximum absolute atomic E-state index is 5.69. The van der Waals surface area contributed by atoms with Gasteiger partial charge >= 0.3 is 0 Å². The van der Waals surface area contributed by atoms with E-state index in [1.165, 1.54) is 17.3 Å². The van der Waals surface area contributed by atoms with Gasteiger partial charge in [0.05, 0.1) is 6.61 Å². The van der Waals surface area contributed by atoms with Crippen LogP contribution in [0.4, 0.5) is 0 Å². The standard InChI is InChI=1S/C17H16N2O2S/c1-13-6-5-9-15(12-13)20-10-11-22-17-19-18-16(21-17)14-7-3-2-4-8-14/h2-9,12H,10-11H2,1H3. The molecule has 0 amide bonds. The van der Waals surface area contributed by atoms with Crippen molar-refractivity contribution in [3.05, 3.63) is 60.2 Å². The third-order valence-corrected chi connectivity index (χ3v) is 3.78. The minimum absolute atomic E-state index is 0.544. The molecule has 0 aliphatic carbocycles. The zero-order valence-corrected chi connectivity index (χ0v) is 13.0. The third-order valence-electron chi connectivity index (χ3n) is 2.99. The quantitative estimate of drug-likeness (QED) is 0.504. The molecule has 112 valence electrons. The van der Waals surface area contributed by atoms with E-state index < -0.39 is 0 Å². The normalized spacial score (nSPS) is 10.6. The van der Waals surface area contributed by atoms with Gasteiger partial charge in [0.15, 0.2) is 0 Å². The Bertz CT molecular complexity index is 728. The molecule has 0 N–H and O–H groups in total. The Labute approximate surface area is 133 Å². The molecule has 0 spiro atoms. The fraction of sp³-hybridized carbons (Fsp3) is 0.176. The van der Waals surface area contributed by atoms with Crippen molar-refractivity contribution >= 4 is 11.8 Å². The van der Waals surface area contributed by atoms with E-state index >= 15 is 0 Å². The Morgan fingerprint density at radius 1 is 1.05 bits per heavy atom. The molecule has 2 aromatic carbocycles. The van der Waals surface area contributed by atoms with Crippen LogP contribution < -0.4 is 4.74 Å². The highest BCUT2D eigenvalue weighted by atomic mass is 32.2. The van der Waals surface area contributed by atoms with Gasteiger partial charge in [-0.05, 0) is 36.8 Å². The van der Waals surface area contributed by atoms with Gasteiger partial charge in [-0.25, -0.2) is 0 Å². The molecule has 1 heterocycles. The van der Waals surface area contributed by atoms with Crippen molar-refractivity contribution in [2.45, 2.75) is 12.1 Å². The summed E-state index contributed by atoms with van der Waals surface area (Å²) in [7, 11) is 0. The molecule has 0 radical (unpaired) electrons. The Morgan fingerprint density at radius 3 is 2.73 bits per heavy atom. The maximum atomic E-state index is 5.69. The third kappa shape index (κ3) is 3.89. The predicted octanol–water partition coefficient (Wildman–Crippen LogP) is 4.22. The van der Waals surface area contributed by atoms with Crippen molar-refractivity contribution in [3.8, 4) is 17.2 Å². The van der Waals surface area contributed by atoms with Gasteiger partial charge in [0.2, 0.25) is 5.89 Å². The molecule has 5 heteroatoms. The molecule has 1 aromatic heterocycles. The summed E-state index contributed by atoms with van der Waals surface area (Å²) in [5.74, 6) is 2.18. The summed E-state index contributed by atoms with van der Waals surface area (Å²) in [4.78, 5) is 0. The summed E-state index contributed by atoms with van der Waals surface area (Å²) in [5.41, 5.74) is 2.12. The SMILES string of the molecule is Cc1cccc(OCCSc2nnc(-c3ccccc3)o2)c1. The van der Waals surface area contributed by atoms with Crippen LogP contribution in [0.2, 0.25) is 0 Å². The average Bonchev–Trinajstić information content (AvgIpc) is 3.01. The molecule has 0 saturated heterocycles. The monoisotopic (exact) mass is 312 g/mol. The largest absolute Gasteiger partial charge is 0.493 e. The Balaban J connectivity index is 1.49. The fourth-order valence-corrected chi connectivity index (χ4v) is 2.54. The molecule has 3 rings (SSSR count). The summed E-state index contributed by atoms with van der Waals surface area (Å²) in [6, 6.07) is 17.8. The Kier molecular flexibility index (Phi) is 4.75. The van der Waals surface area contributed by atoms with Gasteiger partial charge < -0.3 is 9.15 Å². The molecule has 0 bridgehead atoms. The molecular weight excluding hydrogens is 296 g/mol. The number of nitrogens with zero attached hydrogens (tertiary/aromatic N) is 2. The molecular formula is C17H16N2O2S. The molecule has 0 saturated carbocycles. The number of benzene rings is 2. The van der Waals surface area contributed by atoms with Crippen molar-refractivity contribution in [2.24, 2.45) is 0 Å². The van der Waals surface area contributed by atoms with Crippen LogP contribution in [0, 0.1) is 6.92 Å². The molecule has 3 aromatic rings. The number of rotatable bonds is 6. The summed E-state index contributed by atoms with van der Waals surface area (Å²) >= 11 is 1.49. The lowest BCUT2D eigenvalue weighted by atomic mass is 10.2. The molecule has 0 aliphatic rings. The first-order chi connectivity index (χ1) is 10.8. The van der Waals surface area contributed by atoms with Gasteiger partial charge in [-0.15, -0.1) is 10.2 Å². The van der Waals surface area contributed by atoms with E-state index in [4.69, 9.17) is 9.15 Å². The van der Waals surface area contributed by atoms with Crippen LogP contribution >= 0.6 is 11.8 Å². The van der Waals surface area contributed by atoms with Gasteiger partial charge in [0.25, 0.3) is 5.22 Å². The van der Waals surface area contributed by atoms with Crippen molar-refractivity contribution in [1.29, 1.82) is 0 Å². The van der Waals surface area contributed by atoms with Crippen LogP contribution in [0.3, 0.4) is 0 Å². The smallest absolute Gasteiger partial charge is 0.276 e. The zero-order chi connectivity index (χ0) is 15.2. The van der Waals surface area contributed by atoms with Crippen molar-refractivity contribution < 1.29 is 9.15 Å². The van der Waals surface area contributed by atoms with E-state index in [-0.39, 0.29) is 0 Å². The van der Waals surface area contributed by atoms with E-state index in [2.05, 4.69) is 10.2 Å². The van der Waals surface area contributed by atoms with Gasteiger partial charge in [-0.2, -0.15) is 0 Å². The van der Waals surface area contributed by atoms with E-state index in [0.29, 0.717) is 17.7 Å². The molecule has 0 aliphatic heterocycles. The Hall–Kier alpha value is -2.27. The highest BCUT2D eigenvalue weighted by Gasteiger charge is 2.08. The lowest BCUT2D eigenvalue weighted by Crippen LogP contribution is -2.00. The zero-order valence-electron chi connectivity index (χ0n) is 12.2.